The standard InChI is InChI=1S/C22H32N4O4/c1-22(2,3)18-8-7-17(15-19(18)26(29)30)21(28)25-12-6-9-23(13-14-25)16-20(27)24-10-4-5-11-24/h7-8,15H,4-6,9-14,16H2,1-3H3. The Morgan fingerprint density at radius 2 is 1.63 bits per heavy atom. The maximum Gasteiger partial charge on any atom is 0.273 e. The summed E-state index contributed by atoms with van der Waals surface area (Å²) in [5.41, 5.74) is 0.568. The Labute approximate surface area is 178 Å². The Balaban J connectivity index is 1.66. The fourth-order valence-electron chi connectivity index (χ4n) is 4.22. The minimum atomic E-state index is -0.411. The van der Waals surface area contributed by atoms with Crippen molar-refractivity contribution in [2.45, 2.75) is 45.4 Å². The van der Waals surface area contributed by atoms with Gasteiger partial charge >= 0.3 is 0 Å². The van der Waals surface area contributed by atoms with E-state index in [1.54, 1.807) is 17.0 Å². The average molecular weight is 417 g/mol. The molecule has 0 unspecified atom stereocenters. The molecule has 0 aromatic heterocycles. The van der Waals surface area contributed by atoms with Crippen molar-refractivity contribution in [1.82, 2.24) is 14.7 Å². The molecule has 0 radical (unpaired) electrons. The van der Waals surface area contributed by atoms with Crippen LogP contribution in [-0.4, -0.2) is 77.3 Å². The molecule has 1 aromatic carbocycles. The highest BCUT2D eigenvalue weighted by Crippen LogP contribution is 2.32. The summed E-state index contributed by atoms with van der Waals surface area (Å²) in [5, 5.41) is 11.6. The predicted octanol–water partition coefficient (Wildman–Crippen LogP) is 2.66. The second-order valence-electron chi connectivity index (χ2n) is 9.25. The average Bonchev–Trinajstić information content (AvgIpc) is 3.14. The van der Waals surface area contributed by atoms with Gasteiger partial charge in [-0.1, -0.05) is 26.8 Å². The first-order chi connectivity index (χ1) is 14.2. The van der Waals surface area contributed by atoms with Crippen LogP contribution >= 0.6 is 0 Å². The molecule has 2 amide bonds. The third-order valence-electron chi connectivity index (χ3n) is 5.94. The van der Waals surface area contributed by atoms with Gasteiger partial charge in [-0.25, -0.2) is 0 Å². The number of carbonyl (C=O) groups excluding carboxylic acids is 2. The Bertz CT molecular complexity index is 812. The molecule has 2 heterocycles. The number of nitrogens with zero attached hydrogens (tertiary/aromatic N) is 4. The topological polar surface area (TPSA) is 87.0 Å². The van der Waals surface area contributed by atoms with Crippen LogP contribution in [0.2, 0.25) is 0 Å². The van der Waals surface area contributed by atoms with Gasteiger partial charge in [0, 0.05) is 56.5 Å². The zero-order chi connectivity index (χ0) is 21.9. The zero-order valence-electron chi connectivity index (χ0n) is 18.2. The molecule has 2 aliphatic heterocycles. The quantitative estimate of drug-likeness (QED) is 0.556. The van der Waals surface area contributed by atoms with Crippen LogP contribution in [0.1, 0.15) is 56.0 Å². The summed E-state index contributed by atoms with van der Waals surface area (Å²) < 4.78 is 0. The van der Waals surface area contributed by atoms with Crippen LogP contribution in [0.3, 0.4) is 0 Å². The van der Waals surface area contributed by atoms with Crippen LogP contribution in [0, 0.1) is 10.1 Å². The molecule has 0 atom stereocenters. The molecule has 2 aliphatic rings. The molecule has 8 nitrogen and oxygen atoms in total. The van der Waals surface area contributed by atoms with Crippen molar-refractivity contribution in [1.29, 1.82) is 0 Å². The van der Waals surface area contributed by atoms with Gasteiger partial charge in [0.15, 0.2) is 0 Å². The lowest BCUT2D eigenvalue weighted by molar-refractivity contribution is -0.386. The van der Waals surface area contributed by atoms with E-state index in [4.69, 9.17) is 0 Å². The molecule has 8 heteroatoms. The second kappa shape index (κ2) is 9.12. The van der Waals surface area contributed by atoms with Gasteiger partial charge < -0.3 is 9.80 Å². The number of rotatable bonds is 4. The van der Waals surface area contributed by atoms with E-state index in [1.807, 2.05) is 25.7 Å². The van der Waals surface area contributed by atoms with Crippen molar-refractivity contribution in [3.8, 4) is 0 Å². The summed E-state index contributed by atoms with van der Waals surface area (Å²) in [6.07, 6.45) is 2.93. The first kappa shape index (κ1) is 22.2. The third-order valence-corrected chi connectivity index (χ3v) is 5.94. The largest absolute Gasteiger partial charge is 0.342 e. The van der Waals surface area contributed by atoms with Crippen molar-refractivity contribution in [2.75, 3.05) is 45.8 Å². The molecule has 0 aliphatic carbocycles. The summed E-state index contributed by atoms with van der Waals surface area (Å²) in [5.74, 6) is -0.0213. The number of nitro groups is 1. The Kier molecular flexibility index (Phi) is 6.75. The minimum absolute atomic E-state index is 0.0130. The Hall–Kier alpha value is -2.48. The van der Waals surface area contributed by atoms with Crippen LogP contribution in [-0.2, 0) is 10.2 Å². The van der Waals surface area contributed by atoms with E-state index < -0.39 is 4.92 Å². The Morgan fingerprint density at radius 3 is 2.27 bits per heavy atom. The molecule has 2 fully saturated rings. The molecule has 0 spiro atoms. The predicted molar refractivity (Wildman–Crippen MR) is 115 cm³/mol. The number of hydrogen-bond donors (Lipinski definition) is 0. The summed E-state index contributed by atoms with van der Waals surface area (Å²) in [6, 6.07) is 4.79. The van der Waals surface area contributed by atoms with Gasteiger partial charge in [-0.3, -0.25) is 24.6 Å². The zero-order valence-corrected chi connectivity index (χ0v) is 18.2. The normalized spacial score (nSPS) is 18.4. The van der Waals surface area contributed by atoms with Crippen LogP contribution in [0.25, 0.3) is 0 Å². The van der Waals surface area contributed by atoms with Gasteiger partial charge in [0.1, 0.15) is 0 Å². The monoisotopic (exact) mass is 416 g/mol. The molecular weight excluding hydrogens is 384 g/mol. The van der Waals surface area contributed by atoms with Crippen molar-refractivity contribution in [3.05, 3.63) is 39.4 Å². The van der Waals surface area contributed by atoms with Gasteiger partial charge in [0.25, 0.3) is 11.6 Å². The van der Waals surface area contributed by atoms with Crippen LogP contribution in [0.5, 0.6) is 0 Å². The first-order valence-corrected chi connectivity index (χ1v) is 10.7. The van der Waals surface area contributed by atoms with E-state index in [0.29, 0.717) is 37.3 Å². The van der Waals surface area contributed by atoms with Gasteiger partial charge in [-0.15, -0.1) is 0 Å². The van der Waals surface area contributed by atoms with Crippen LogP contribution in [0.4, 0.5) is 5.69 Å². The first-order valence-electron chi connectivity index (χ1n) is 10.7. The van der Waals surface area contributed by atoms with Gasteiger partial charge in [-0.2, -0.15) is 0 Å². The summed E-state index contributed by atoms with van der Waals surface area (Å²) >= 11 is 0. The molecule has 0 bridgehead atoms. The highest BCUT2D eigenvalue weighted by molar-refractivity contribution is 5.95. The summed E-state index contributed by atoms with van der Waals surface area (Å²) in [4.78, 5) is 42.4. The van der Waals surface area contributed by atoms with Crippen LogP contribution in [0.15, 0.2) is 18.2 Å². The number of amides is 2. The number of carbonyl (C=O) groups is 2. The SMILES string of the molecule is CC(C)(C)c1ccc(C(=O)N2CCCN(CC(=O)N3CCCC3)CC2)cc1[N+](=O)[O-]. The van der Waals surface area contributed by atoms with Crippen molar-refractivity contribution < 1.29 is 14.5 Å². The van der Waals surface area contributed by atoms with E-state index in [1.165, 1.54) is 6.07 Å². The smallest absolute Gasteiger partial charge is 0.273 e. The highest BCUT2D eigenvalue weighted by Gasteiger charge is 2.28. The van der Waals surface area contributed by atoms with Gasteiger partial charge in [-0.05, 0) is 30.7 Å². The lowest BCUT2D eigenvalue weighted by Gasteiger charge is -2.24. The fourth-order valence-corrected chi connectivity index (χ4v) is 4.22. The molecule has 0 saturated carbocycles. The number of hydrogen-bond acceptors (Lipinski definition) is 5. The van der Waals surface area contributed by atoms with Gasteiger partial charge in [0.2, 0.25) is 5.91 Å². The third kappa shape index (κ3) is 5.16. The lowest BCUT2D eigenvalue weighted by atomic mass is 9.85. The van der Waals surface area contributed by atoms with E-state index in [9.17, 15) is 19.7 Å². The van der Waals surface area contributed by atoms with Crippen molar-refractivity contribution in [2.24, 2.45) is 0 Å². The molecule has 164 valence electrons. The minimum Gasteiger partial charge on any atom is -0.342 e. The number of benzene rings is 1. The maximum atomic E-state index is 13.0. The van der Waals surface area contributed by atoms with E-state index in [2.05, 4.69) is 4.90 Å². The van der Waals surface area contributed by atoms with E-state index >= 15 is 0 Å². The fraction of sp³-hybridized carbons (Fsp3) is 0.636. The highest BCUT2D eigenvalue weighted by atomic mass is 16.6. The number of likely N-dealkylation sites (tertiary alicyclic amines) is 1. The summed E-state index contributed by atoms with van der Waals surface area (Å²) in [7, 11) is 0. The molecule has 30 heavy (non-hydrogen) atoms. The lowest BCUT2D eigenvalue weighted by Crippen LogP contribution is -2.41. The molecule has 1 aromatic rings. The molecule has 0 N–H and O–H groups in total. The molecular formula is C22H32N4O4. The van der Waals surface area contributed by atoms with E-state index in [0.717, 1.165) is 38.9 Å². The second-order valence-corrected chi connectivity index (χ2v) is 9.25. The Morgan fingerprint density at radius 1 is 0.967 bits per heavy atom. The summed E-state index contributed by atoms with van der Waals surface area (Å²) in [6.45, 7) is 10.4. The van der Waals surface area contributed by atoms with Crippen LogP contribution < -0.4 is 0 Å². The van der Waals surface area contributed by atoms with E-state index in [-0.39, 0.29) is 22.9 Å². The van der Waals surface area contributed by atoms with Crippen molar-refractivity contribution in [3.63, 3.8) is 0 Å². The molecule has 2 saturated heterocycles. The molecule has 3 rings (SSSR count). The van der Waals surface area contributed by atoms with Crippen molar-refractivity contribution >= 4 is 17.5 Å². The van der Waals surface area contributed by atoms with Gasteiger partial charge in [0.05, 0.1) is 11.5 Å². The number of nitro benzene ring substituents is 1. The maximum absolute atomic E-state index is 13.0.